The van der Waals surface area contributed by atoms with E-state index in [9.17, 15) is 4.39 Å². The predicted octanol–water partition coefficient (Wildman–Crippen LogP) is 3.23. The maximum Gasteiger partial charge on any atom is 0.152 e. The summed E-state index contributed by atoms with van der Waals surface area (Å²) in [7, 11) is 2.01. The first-order chi connectivity index (χ1) is 13.1. The average molecular weight is 389 g/mol. The van der Waals surface area contributed by atoms with Crippen molar-refractivity contribution in [3.8, 4) is 0 Å². The maximum absolute atomic E-state index is 14.1. The highest BCUT2D eigenvalue weighted by Gasteiger charge is 2.26. The van der Waals surface area contributed by atoms with Crippen LogP contribution in [0.1, 0.15) is 36.0 Å². The Balaban J connectivity index is 1.48. The zero-order valence-electron chi connectivity index (χ0n) is 15.2. The van der Waals surface area contributed by atoms with Gasteiger partial charge in [-0.1, -0.05) is 17.7 Å². The van der Waals surface area contributed by atoms with Crippen molar-refractivity contribution in [2.75, 3.05) is 13.1 Å². The van der Waals surface area contributed by atoms with E-state index in [1.165, 1.54) is 6.07 Å². The van der Waals surface area contributed by atoms with Gasteiger partial charge in [-0.05, 0) is 31.5 Å². The van der Waals surface area contributed by atoms with E-state index in [1.54, 1.807) is 24.7 Å². The molecule has 1 saturated heterocycles. The molecule has 8 heteroatoms. The lowest BCUT2D eigenvalue weighted by Gasteiger charge is -2.32. The molecule has 0 aliphatic carbocycles. The molecule has 0 unspecified atom stereocenters. The van der Waals surface area contributed by atoms with Crippen LogP contribution in [-0.2, 0) is 20.1 Å². The van der Waals surface area contributed by atoms with Crippen LogP contribution in [0.4, 0.5) is 4.39 Å². The summed E-state index contributed by atoms with van der Waals surface area (Å²) < 4.78 is 18.2. The van der Waals surface area contributed by atoms with Gasteiger partial charge in [0.05, 0.1) is 12.9 Å². The van der Waals surface area contributed by atoms with Crippen LogP contribution < -0.4 is 0 Å². The molecule has 1 aliphatic heterocycles. The third-order valence-electron chi connectivity index (χ3n) is 5.20. The lowest BCUT2D eigenvalue weighted by molar-refractivity contribution is 0.193. The summed E-state index contributed by atoms with van der Waals surface area (Å²) in [5.74, 6) is 1.91. The molecule has 3 aromatic rings. The second kappa shape index (κ2) is 7.78. The first-order valence-electron chi connectivity index (χ1n) is 9.11. The van der Waals surface area contributed by atoms with Crippen molar-refractivity contribution in [1.82, 2.24) is 29.2 Å². The summed E-state index contributed by atoms with van der Waals surface area (Å²) in [5, 5.41) is 9.30. The van der Waals surface area contributed by atoms with Gasteiger partial charge in [0.25, 0.3) is 0 Å². The number of likely N-dealkylation sites (tertiary alicyclic amines) is 1. The summed E-state index contributed by atoms with van der Waals surface area (Å²) >= 11 is 6.20. The van der Waals surface area contributed by atoms with Crippen LogP contribution in [0, 0.1) is 5.82 Å². The molecule has 0 N–H and O–H groups in total. The quantitative estimate of drug-likeness (QED) is 0.673. The van der Waals surface area contributed by atoms with Crippen LogP contribution in [-0.4, -0.2) is 42.3 Å². The highest BCUT2D eigenvalue weighted by molar-refractivity contribution is 6.31. The van der Waals surface area contributed by atoms with Gasteiger partial charge in [0.1, 0.15) is 11.6 Å². The van der Waals surface area contributed by atoms with E-state index in [1.807, 2.05) is 17.8 Å². The molecule has 1 atom stereocenters. The molecule has 0 amide bonds. The highest BCUT2D eigenvalue weighted by atomic mass is 35.5. The van der Waals surface area contributed by atoms with Crippen LogP contribution in [0.5, 0.6) is 0 Å². The Kier molecular flexibility index (Phi) is 5.22. The van der Waals surface area contributed by atoms with Crippen molar-refractivity contribution >= 4 is 11.6 Å². The fraction of sp³-hybridized carbons (Fsp3) is 0.421. The van der Waals surface area contributed by atoms with E-state index in [2.05, 4.69) is 24.6 Å². The van der Waals surface area contributed by atoms with Crippen LogP contribution in [0.25, 0.3) is 0 Å². The molecular weight excluding hydrogens is 367 g/mol. The summed E-state index contributed by atoms with van der Waals surface area (Å²) in [5.41, 5.74) is 0.568. The number of nitrogens with zero attached hydrogens (tertiary/aromatic N) is 6. The minimum Gasteiger partial charge on any atom is -0.330 e. The van der Waals surface area contributed by atoms with Crippen LogP contribution in [0.15, 0.2) is 36.9 Å². The minimum atomic E-state index is -0.245. The second-order valence-corrected chi connectivity index (χ2v) is 7.45. The first kappa shape index (κ1) is 18.1. The summed E-state index contributed by atoms with van der Waals surface area (Å²) in [6.45, 7) is 2.91. The number of hydrogen-bond donors (Lipinski definition) is 0. The van der Waals surface area contributed by atoms with E-state index >= 15 is 0 Å². The summed E-state index contributed by atoms with van der Waals surface area (Å²) in [6.07, 6.45) is 7.53. The van der Waals surface area contributed by atoms with E-state index in [4.69, 9.17) is 11.6 Å². The van der Waals surface area contributed by atoms with E-state index in [0.29, 0.717) is 23.7 Å². The van der Waals surface area contributed by atoms with Gasteiger partial charge in [0.2, 0.25) is 0 Å². The Morgan fingerprint density at radius 1 is 1.26 bits per heavy atom. The van der Waals surface area contributed by atoms with Crippen molar-refractivity contribution in [3.05, 3.63) is 65.0 Å². The first-order valence-corrected chi connectivity index (χ1v) is 9.48. The van der Waals surface area contributed by atoms with Gasteiger partial charge in [0, 0.05) is 49.0 Å². The third kappa shape index (κ3) is 3.89. The lowest BCUT2D eigenvalue weighted by Crippen LogP contribution is -2.35. The fourth-order valence-electron chi connectivity index (χ4n) is 3.73. The van der Waals surface area contributed by atoms with Crippen molar-refractivity contribution in [1.29, 1.82) is 0 Å². The van der Waals surface area contributed by atoms with Gasteiger partial charge >= 0.3 is 0 Å². The van der Waals surface area contributed by atoms with E-state index in [0.717, 1.165) is 37.6 Å². The Bertz CT molecular complexity index is 887. The largest absolute Gasteiger partial charge is 0.330 e. The molecule has 0 spiro atoms. The topological polar surface area (TPSA) is 51.8 Å². The molecule has 142 valence electrons. The summed E-state index contributed by atoms with van der Waals surface area (Å²) in [6, 6.07) is 4.85. The van der Waals surface area contributed by atoms with Crippen molar-refractivity contribution in [3.63, 3.8) is 0 Å². The normalized spacial score (nSPS) is 18.1. The second-order valence-electron chi connectivity index (χ2n) is 7.04. The smallest absolute Gasteiger partial charge is 0.152 e. The van der Waals surface area contributed by atoms with Crippen LogP contribution >= 0.6 is 11.6 Å². The van der Waals surface area contributed by atoms with E-state index in [-0.39, 0.29) is 11.7 Å². The standard InChI is InChI=1S/C19H22ClFN6/c1-25-18(12-27-9-7-22-13-27)23-24-19(25)14-4-3-8-26(10-14)11-15-16(20)5-2-6-17(15)21/h2,5-7,9,13-14H,3-4,8,10-12H2,1H3/t14-/m1/s1. The molecule has 3 heterocycles. The zero-order chi connectivity index (χ0) is 18.8. The molecule has 0 saturated carbocycles. The van der Waals surface area contributed by atoms with Gasteiger partial charge < -0.3 is 9.13 Å². The molecule has 1 aliphatic rings. The van der Waals surface area contributed by atoms with Crippen molar-refractivity contribution in [2.24, 2.45) is 7.05 Å². The predicted molar refractivity (Wildman–Crippen MR) is 101 cm³/mol. The van der Waals surface area contributed by atoms with Crippen molar-refractivity contribution in [2.45, 2.75) is 31.8 Å². The number of aromatic nitrogens is 5. The number of hydrogen-bond acceptors (Lipinski definition) is 4. The number of piperidine rings is 1. The highest BCUT2D eigenvalue weighted by Crippen LogP contribution is 2.28. The molecule has 2 aromatic heterocycles. The molecule has 27 heavy (non-hydrogen) atoms. The molecular formula is C19H22ClFN6. The number of benzene rings is 1. The Morgan fingerprint density at radius 2 is 2.15 bits per heavy atom. The minimum absolute atomic E-state index is 0.245. The fourth-order valence-corrected chi connectivity index (χ4v) is 3.95. The van der Waals surface area contributed by atoms with Crippen molar-refractivity contribution < 1.29 is 4.39 Å². The Morgan fingerprint density at radius 3 is 2.93 bits per heavy atom. The third-order valence-corrected chi connectivity index (χ3v) is 5.55. The summed E-state index contributed by atoms with van der Waals surface area (Å²) in [4.78, 5) is 6.32. The molecule has 1 fully saturated rings. The molecule has 0 radical (unpaired) electrons. The van der Waals surface area contributed by atoms with E-state index < -0.39 is 0 Å². The molecule has 1 aromatic carbocycles. The average Bonchev–Trinajstić information content (AvgIpc) is 3.30. The zero-order valence-corrected chi connectivity index (χ0v) is 16.0. The lowest BCUT2D eigenvalue weighted by atomic mass is 9.96. The Hall–Kier alpha value is -2.25. The van der Waals surface area contributed by atoms with Gasteiger partial charge in [0.15, 0.2) is 5.82 Å². The number of halogens is 2. The van der Waals surface area contributed by atoms with Gasteiger partial charge in [-0.3, -0.25) is 4.90 Å². The molecule has 0 bridgehead atoms. The van der Waals surface area contributed by atoms with Gasteiger partial charge in [-0.15, -0.1) is 10.2 Å². The van der Waals surface area contributed by atoms with Gasteiger partial charge in [-0.2, -0.15) is 0 Å². The number of rotatable bonds is 5. The molecule has 6 nitrogen and oxygen atoms in total. The van der Waals surface area contributed by atoms with Crippen LogP contribution in [0.2, 0.25) is 5.02 Å². The monoisotopic (exact) mass is 388 g/mol. The van der Waals surface area contributed by atoms with Gasteiger partial charge in [-0.25, -0.2) is 9.37 Å². The number of imidazole rings is 1. The maximum atomic E-state index is 14.1. The molecule has 4 rings (SSSR count). The Labute approximate surface area is 162 Å². The SMILES string of the molecule is Cn1c(Cn2ccnc2)nnc1[C@@H]1CCCN(Cc2c(F)cccc2Cl)C1. The van der Waals surface area contributed by atoms with Crippen LogP contribution in [0.3, 0.4) is 0 Å².